The summed E-state index contributed by atoms with van der Waals surface area (Å²) < 4.78 is 1.61. The minimum Gasteiger partial charge on any atom is -0.369 e. The van der Waals surface area contributed by atoms with E-state index in [1.54, 1.807) is 28.8 Å². The monoisotopic (exact) mass is 364 g/mol. The summed E-state index contributed by atoms with van der Waals surface area (Å²) in [5, 5.41) is 3.99. The van der Waals surface area contributed by atoms with Crippen molar-refractivity contribution in [2.45, 2.75) is 32.7 Å². The molecular weight excluding hydrogens is 347 g/mol. The molecule has 4 nitrogen and oxygen atoms in total. The summed E-state index contributed by atoms with van der Waals surface area (Å²) in [6.07, 6.45) is 2.57. The maximum Gasteiger partial charge on any atom is 0.252 e. The summed E-state index contributed by atoms with van der Waals surface area (Å²) >= 11 is 12.2. The van der Waals surface area contributed by atoms with Gasteiger partial charge in [-0.25, -0.2) is 0 Å². The molecule has 0 radical (unpaired) electrons. The number of hydrogen-bond donors (Lipinski definition) is 1. The molecule has 0 unspecified atom stereocenters. The van der Waals surface area contributed by atoms with Gasteiger partial charge in [-0.15, -0.1) is 0 Å². The lowest BCUT2D eigenvalue weighted by Crippen LogP contribution is -2.22. The standard InChI is InChI=1S/C18H18Cl2N2O2/c1-2-3-4-11-9-15(23)22-8-7-21-18(22)16(11)17(24)13-10-12(19)5-6-14(13)20/h5-6,9-10,21H,2-4,7-8H2,1H3. The van der Waals surface area contributed by atoms with Crippen LogP contribution in [0, 0.1) is 0 Å². The third-order valence-electron chi connectivity index (χ3n) is 4.22. The van der Waals surface area contributed by atoms with Crippen LogP contribution in [0.15, 0.2) is 29.1 Å². The van der Waals surface area contributed by atoms with Crippen LogP contribution in [-0.2, 0) is 13.0 Å². The molecule has 24 heavy (non-hydrogen) atoms. The van der Waals surface area contributed by atoms with Crippen molar-refractivity contribution in [1.82, 2.24) is 4.57 Å². The summed E-state index contributed by atoms with van der Waals surface area (Å²) in [4.78, 5) is 25.5. The molecule has 6 heteroatoms. The number of pyridine rings is 1. The number of rotatable bonds is 5. The third-order valence-corrected chi connectivity index (χ3v) is 4.78. The molecule has 0 amide bonds. The zero-order valence-corrected chi connectivity index (χ0v) is 14.9. The predicted molar refractivity (Wildman–Crippen MR) is 97.7 cm³/mol. The van der Waals surface area contributed by atoms with E-state index in [1.165, 1.54) is 0 Å². The van der Waals surface area contributed by atoms with Gasteiger partial charge < -0.3 is 5.32 Å². The number of carbonyl (C=O) groups is 1. The number of carbonyl (C=O) groups excluding carboxylic acids is 1. The van der Waals surface area contributed by atoms with Crippen molar-refractivity contribution in [1.29, 1.82) is 0 Å². The SMILES string of the molecule is CCCCc1cc(=O)n2c(c1C(=O)c1cc(Cl)ccc1Cl)NCC2. The van der Waals surface area contributed by atoms with Crippen molar-refractivity contribution >= 4 is 34.8 Å². The van der Waals surface area contributed by atoms with Gasteiger partial charge in [-0.3, -0.25) is 14.2 Å². The van der Waals surface area contributed by atoms with Crippen LogP contribution in [0.3, 0.4) is 0 Å². The molecular formula is C18H18Cl2N2O2. The van der Waals surface area contributed by atoms with Gasteiger partial charge in [0.2, 0.25) is 0 Å². The molecule has 126 valence electrons. The van der Waals surface area contributed by atoms with Crippen molar-refractivity contribution in [3.8, 4) is 0 Å². The van der Waals surface area contributed by atoms with Crippen molar-refractivity contribution in [3.63, 3.8) is 0 Å². The minimum absolute atomic E-state index is 0.0742. The lowest BCUT2D eigenvalue weighted by Gasteiger charge is -2.15. The van der Waals surface area contributed by atoms with Crippen LogP contribution in [0.1, 0.15) is 41.3 Å². The Bertz CT molecular complexity index is 859. The van der Waals surface area contributed by atoms with Gasteiger partial charge in [0.15, 0.2) is 5.78 Å². The number of aryl methyl sites for hydroxylation is 1. The molecule has 1 aromatic carbocycles. The summed E-state index contributed by atoms with van der Waals surface area (Å²) in [7, 11) is 0. The molecule has 2 heterocycles. The Balaban J connectivity index is 2.18. The van der Waals surface area contributed by atoms with Crippen LogP contribution in [0.4, 0.5) is 5.82 Å². The van der Waals surface area contributed by atoms with Crippen molar-refractivity contribution in [2.75, 3.05) is 11.9 Å². The Morgan fingerprint density at radius 1 is 1.29 bits per heavy atom. The fourth-order valence-corrected chi connectivity index (χ4v) is 3.39. The number of nitrogens with one attached hydrogen (secondary N) is 1. The molecule has 0 fully saturated rings. The van der Waals surface area contributed by atoms with Crippen LogP contribution in [-0.4, -0.2) is 16.9 Å². The van der Waals surface area contributed by atoms with Crippen molar-refractivity contribution in [2.24, 2.45) is 0 Å². The first-order valence-corrected chi connectivity index (χ1v) is 8.79. The zero-order valence-electron chi connectivity index (χ0n) is 13.4. The molecule has 2 aromatic rings. The minimum atomic E-state index is -0.202. The fourth-order valence-electron chi connectivity index (χ4n) is 3.01. The highest BCUT2D eigenvalue weighted by Gasteiger charge is 2.26. The summed E-state index contributed by atoms with van der Waals surface area (Å²) in [6, 6.07) is 6.42. The van der Waals surface area contributed by atoms with Crippen molar-refractivity contribution < 1.29 is 4.79 Å². The number of aromatic nitrogens is 1. The molecule has 0 bridgehead atoms. The second kappa shape index (κ2) is 6.99. The molecule has 1 N–H and O–H groups in total. The summed E-state index contributed by atoms with van der Waals surface area (Å²) in [5.41, 5.74) is 1.58. The first-order valence-electron chi connectivity index (χ1n) is 8.03. The van der Waals surface area contributed by atoms with E-state index in [2.05, 4.69) is 12.2 Å². The quantitative estimate of drug-likeness (QED) is 0.810. The van der Waals surface area contributed by atoms with E-state index in [1.807, 2.05) is 0 Å². The van der Waals surface area contributed by atoms with Gasteiger partial charge in [0, 0.05) is 29.7 Å². The van der Waals surface area contributed by atoms with Gasteiger partial charge in [-0.2, -0.15) is 0 Å². The Kier molecular flexibility index (Phi) is 4.97. The van der Waals surface area contributed by atoms with E-state index in [0.29, 0.717) is 46.5 Å². The normalized spacial score (nSPS) is 12.8. The van der Waals surface area contributed by atoms with Gasteiger partial charge in [-0.05, 0) is 36.6 Å². The van der Waals surface area contributed by atoms with E-state index >= 15 is 0 Å². The number of halogens is 2. The number of ketones is 1. The number of unbranched alkanes of at least 4 members (excludes halogenated alkanes) is 1. The van der Waals surface area contributed by atoms with Crippen LogP contribution < -0.4 is 10.9 Å². The number of nitrogens with zero attached hydrogens (tertiary/aromatic N) is 1. The molecule has 1 aliphatic rings. The van der Waals surface area contributed by atoms with Gasteiger partial charge in [0.05, 0.1) is 10.6 Å². The molecule has 3 rings (SSSR count). The Morgan fingerprint density at radius 2 is 2.08 bits per heavy atom. The highest BCUT2D eigenvalue weighted by Crippen LogP contribution is 2.29. The lowest BCUT2D eigenvalue weighted by molar-refractivity contribution is 0.103. The number of fused-ring (bicyclic) bond motifs is 1. The molecule has 1 aliphatic heterocycles. The van der Waals surface area contributed by atoms with Crippen LogP contribution in [0.25, 0.3) is 0 Å². The van der Waals surface area contributed by atoms with Gasteiger partial charge in [0.1, 0.15) is 5.82 Å². The van der Waals surface area contributed by atoms with Gasteiger partial charge in [0.25, 0.3) is 5.56 Å². The third kappa shape index (κ3) is 3.08. The summed E-state index contributed by atoms with van der Waals surface area (Å²) in [6.45, 7) is 3.27. The molecule has 0 aliphatic carbocycles. The van der Waals surface area contributed by atoms with Gasteiger partial charge in [-0.1, -0.05) is 36.5 Å². The predicted octanol–water partition coefficient (Wildman–Crippen LogP) is 4.15. The van der Waals surface area contributed by atoms with E-state index in [0.717, 1.165) is 18.4 Å². The van der Waals surface area contributed by atoms with E-state index in [9.17, 15) is 9.59 Å². The largest absolute Gasteiger partial charge is 0.369 e. The molecule has 0 saturated heterocycles. The summed E-state index contributed by atoms with van der Waals surface area (Å²) in [5.74, 6) is 0.390. The van der Waals surface area contributed by atoms with E-state index in [-0.39, 0.29) is 11.3 Å². The molecule has 0 atom stereocenters. The number of anilines is 1. The maximum atomic E-state index is 13.2. The average molecular weight is 365 g/mol. The second-order valence-corrected chi connectivity index (χ2v) is 6.71. The molecule has 0 spiro atoms. The Hall–Kier alpha value is -1.78. The van der Waals surface area contributed by atoms with Crippen LogP contribution in [0.2, 0.25) is 10.0 Å². The van der Waals surface area contributed by atoms with E-state index < -0.39 is 0 Å². The van der Waals surface area contributed by atoms with Crippen LogP contribution >= 0.6 is 23.2 Å². The average Bonchev–Trinajstić information content (AvgIpc) is 3.04. The molecule has 1 aromatic heterocycles. The lowest BCUT2D eigenvalue weighted by atomic mass is 9.96. The smallest absolute Gasteiger partial charge is 0.252 e. The van der Waals surface area contributed by atoms with E-state index in [4.69, 9.17) is 23.2 Å². The zero-order chi connectivity index (χ0) is 17.3. The number of benzene rings is 1. The first-order chi connectivity index (χ1) is 11.5. The second-order valence-electron chi connectivity index (χ2n) is 5.87. The van der Waals surface area contributed by atoms with Crippen LogP contribution in [0.5, 0.6) is 0 Å². The topological polar surface area (TPSA) is 51.1 Å². The maximum absolute atomic E-state index is 13.2. The highest BCUT2D eigenvalue weighted by molar-refractivity contribution is 6.37. The van der Waals surface area contributed by atoms with Crippen molar-refractivity contribution in [3.05, 3.63) is 61.4 Å². The molecule has 0 saturated carbocycles. The first kappa shape index (κ1) is 17.1. The fraction of sp³-hybridized carbons (Fsp3) is 0.333. The van der Waals surface area contributed by atoms with Gasteiger partial charge >= 0.3 is 0 Å². The Morgan fingerprint density at radius 3 is 2.83 bits per heavy atom. The Labute approximate surface area is 150 Å². The number of hydrogen-bond acceptors (Lipinski definition) is 3. The highest BCUT2D eigenvalue weighted by atomic mass is 35.5.